The second-order valence-corrected chi connectivity index (χ2v) is 7.18. The van der Waals surface area contributed by atoms with Crippen LogP contribution in [-0.4, -0.2) is 39.5 Å². The predicted molar refractivity (Wildman–Crippen MR) is 92.2 cm³/mol. The molecule has 1 fully saturated rings. The van der Waals surface area contributed by atoms with Crippen LogP contribution in [0.3, 0.4) is 0 Å². The highest BCUT2D eigenvalue weighted by molar-refractivity contribution is 6.34. The predicted octanol–water partition coefficient (Wildman–Crippen LogP) is 3.68. The number of hydrogen-bond donors (Lipinski definition) is 1. The second kappa shape index (κ2) is 6.07. The van der Waals surface area contributed by atoms with Gasteiger partial charge in [-0.3, -0.25) is 0 Å². The monoisotopic (exact) mass is 384 g/mol. The third-order valence-electron chi connectivity index (χ3n) is 4.55. The van der Waals surface area contributed by atoms with Gasteiger partial charge in [0, 0.05) is 11.9 Å². The summed E-state index contributed by atoms with van der Waals surface area (Å²) in [6.07, 6.45) is -3.11. The minimum Gasteiger partial charge on any atom is -0.377 e. The first-order valence-corrected chi connectivity index (χ1v) is 8.44. The van der Waals surface area contributed by atoms with Crippen LogP contribution in [0.15, 0.2) is 24.5 Å². The van der Waals surface area contributed by atoms with Gasteiger partial charge in [-0.1, -0.05) is 17.7 Å². The highest BCUT2D eigenvalue weighted by Gasteiger charge is 2.33. The van der Waals surface area contributed by atoms with E-state index in [4.69, 9.17) is 16.3 Å². The van der Waals surface area contributed by atoms with E-state index in [-0.39, 0.29) is 16.2 Å². The molecule has 26 heavy (non-hydrogen) atoms. The van der Waals surface area contributed by atoms with Gasteiger partial charge in [-0.2, -0.15) is 13.2 Å². The largest absolute Gasteiger partial charge is 0.406 e. The third-order valence-corrected chi connectivity index (χ3v) is 4.83. The van der Waals surface area contributed by atoms with Gasteiger partial charge in [0.25, 0.3) is 0 Å². The van der Waals surface area contributed by atoms with Crippen molar-refractivity contribution in [2.75, 3.05) is 13.2 Å². The Morgan fingerprint density at radius 3 is 2.73 bits per heavy atom. The lowest BCUT2D eigenvalue weighted by atomic mass is 10.00. The molecule has 0 unspecified atom stereocenters. The molecule has 2 aromatic heterocycles. The summed E-state index contributed by atoms with van der Waals surface area (Å²) in [7, 11) is 0. The Morgan fingerprint density at radius 1 is 1.31 bits per heavy atom. The summed E-state index contributed by atoms with van der Waals surface area (Å²) in [5.74, 6) is 0. The summed E-state index contributed by atoms with van der Waals surface area (Å²) in [5.41, 5.74) is 1.94. The van der Waals surface area contributed by atoms with Crippen LogP contribution in [0.5, 0.6) is 0 Å². The first kappa shape index (κ1) is 17.5. The van der Waals surface area contributed by atoms with Gasteiger partial charge in [0.1, 0.15) is 23.9 Å². The molecule has 3 aromatic rings. The van der Waals surface area contributed by atoms with Gasteiger partial charge in [-0.15, -0.1) is 0 Å². The van der Waals surface area contributed by atoms with Crippen LogP contribution in [0.25, 0.3) is 21.9 Å². The topological polar surface area (TPSA) is 52.0 Å². The number of fused-ring (bicyclic) bond motifs is 3. The molecule has 1 aliphatic heterocycles. The molecule has 0 radical (unpaired) electrons. The fraction of sp³-hybridized carbons (Fsp3) is 0.412. The van der Waals surface area contributed by atoms with Crippen molar-refractivity contribution in [1.82, 2.24) is 19.9 Å². The second-order valence-electron chi connectivity index (χ2n) is 6.82. The summed E-state index contributed by atoms with van der Waals surface area (Å²) in [4.78, 5) is 8.02. The summed E-state index contributed by atoms with van der Waals surface area (Å²) in [5, 5.41) is 4.05. The van der Waals surface area contributed by atoms with Crippen LogP contribution in [0, 0.1) is 0 Å². The molecule has 138 valence electrons. The van der Waals surface area contributed by atoms with Crippen molar-refractivity contribution in [3.63, 3.8) is 0 Å². The number of benzene rings is 1. The maximum absolute atomic E-state index is 13.1. The van der Waals surface area contributed by atoms with E-state index in [0.717, 1.165) is 10.1 Å². The van der Waals surface area contributed by atoms with Gasteiger partial charge >= 0.3 is 6.18 Å². The van der Waals surface area contributed by atoms with E-state index in [9.17, 15) is 13.2 Å². The summed E-state index contributed by atoms with van der Waals surface area (Å²) in [6.45, 7) is 2.79. The van der Waals surface area contributed by atoms with Gasteiger partial charge in [-0.05, 0) is 24.6 Å². The van der Waals surface area contributed by atoms with E-state index in [0.29, 0.717) is 36.2 Å². The number of ether oxygens (including phenoxy) is 1. The zero-order valence-corrected chi connectivity index (χ0v) is 14.7. The molecule has 1 aliphatic rings. The average Bonchev–Trinajstić information content (AvgIpc) is 2.84. The molecular formula is C17H16ClF3N4O. The Hall–Kier alpha value is -1.90. The maximum atomic E-state index is 13.1. The highest BCUT2D eigenvalue weighted by Crippen LogP contribution is 2.34. The van der Waals surface area contributed by atoms with Crippen molar-refractivity contribution in [2.24, 2.45) is 0 Å². The number of nitrogens with zero attached hydrogens (tertiary/aromatic N) is 3. The van der Waals surface area contributed by atoms with Crippen LogP contribution >= 0.6 is 11.6 Å². The summed E-state index contributed by atoms with van der Waals surface area (Å²) < 4.78 is 45.5. The molecule has 1 saturated heterocycles. The van der Waals surface area contributed by atoms with Crippen molar-refractivity contribution in [1.29, 1.82) is 0 Å². The fourth-order valence-corrected chi connectivity index (χ4v) is 3.44. The minimum absolute atomic E-state index is 0.00857. The Bertz CT molecular complexity index is 981. The zero-order chi connectivity index (χ0) is 18.5. The molecular weight excluding hydrogens is 369 g/mol. The SMILES string of the molecule is CC1(NCc2ccc3c(c2)c2ncnc(Cl)c2n3CC(F)(F)F)COC1. The van der Waals surface area contributed by atoms with E-state index in [1.54, 1.807) is 6.07 Å². The van der Waals surface area contributed by atoms with Crippen LogP contribution in [0.1, 0.15) is 12.5 Å². The number of rotatable bonds is 4. The molecule has 0 amide bonds. The molecule has 1 aromatic carbocycles. The van der Waals surface area contributed by atoms with Gasteiger partial charge in [0.15, 0.2) is 5.15 Å². The Kier molecular flexibility index (Phi) is 4.09. The highest BCUT2D eigenvalue weighted by atomic mass is 35.5. The molecule has 9 heteroatoms. The van der Waals surface area contributed by atoms with Crippen molar-refractivity contribution < 1.29 is 17.9 Å². The molecule has 0 atom stereocenters. The van der Waals surface area contributed by atoms with Crippen molar-refractivity contribution in [2.45, 2.75) is 31.7 Å². The summed E-state index contributed by atoms with van der Waals surface area (Å²) >= 11 is 6.08. The zero-order valence-electron chi connectivity index (χ0n) is 13.9. The van der Waals surface area contributed by atoms with Crippen LogP contribution in [0.2, 0.25) is 5.15 Å². The van der Waals surface area contributed by atoms with E-state index in [1.165, 1.54) is 6.33 Å². The minimum atomic E-state index is -4.38. The molecule has 1 N–H and O–H groups in total. The number of nitrogens with one attached hydrogen (secondary N) is 1. The normalized spacial score (nSPS) is 17.0. The number of alkyl halides is 3. The molecule has 4 rings (SSSR count). The average molecular weight is 385 g/mol. The smallest absolute Gasteiger partial charge is 0.377 e. The molecule has 3 heterocycles. The van der Waals surface area contributed by atoms with E-state index < -0.39 is 12.7 Å². The lowest BCUT2D eigenvalue weighted by Crippen LogP contribution is -2.57. The number of halogens is 4. The fourth-order valence-electron chi connectivity index (χ4n) is 3.20. The first-order valence-electron chi connectivity index (χ1n) is 8.07. The molecule has 0 spiro atoms. The molecule has 0 saturated carbocycles. The Balaban J connectivity index is 1.80. The summed E-state index contributed by atoms with van der Waals surface area (Å²) in [6, 6.07) is 5.34. The third kappa shape index (κ3) is 3.13. The van der Waals surface area contributed by atoms with E-state index in [1.807, 2.05) is 12.1 Å². The van der Waals surface area contributed by atoms with Gasteiger partial charge in [-0.25, -0.2) is 9.97 Å². The Morgan fingerprint density at radius 2 is 2.08 bits per heavy atom. The lowest BCUT2D eigenvalue weighted by Gasteiger charge is -2.39. The number of hydrogen-bond acceptors (Lipinski definition) is 4. The van der Waals surface area contributed by atoms with Crippen LogP contribution in [0.4, 0.5) is 13.2 Å². The van der Waals surface area contributed by atoms with Crippen molar-refractivity contribution in [3.05, 3.63) is 35.2 Å². The molecule has 5 nitrogen and oxygen atoms in total. The number of aromatic nitrogens is 3. The van der Waals surface area contributed by atoms with Crippen LogP contribution < -0.4 is 5.32 Å². The quantitative estimate of drug-likeness (QED) is 0.697. The van der Waals surface area contributed by atoms with Gasteiger partial charge in [0.2, 0.25) is 0 Å². The molecule has 0 bridgehead atoms. The van der Waals surface area contributed by atoms with Crippen molar-refractivity contribution >= 4 is 33.5 Å². The van der Waals surface area contributed by atoms with Gasteiger partial charge < -0.3 is 14.6 Å². The van der Waals surface area contributed by atoms with Gasteiger partial charge in [0.05, 0.1) is 24.3 Å². The van der Waals surface area contributed by atoms with Crippen LogP contribution in [-0.2, 0) is 17.8 Å². The van der Waals surface area contributed by atoms with E-state index in [2.05, 4.69) is 22.2 Å². The lowest BCUT2D eigenvalue weighted by molar-refractivity contribution is -0.139. The molecule has 0 aliphatic carbocycles. The van der Waals surface area contributed by atoms with E-state index >= 15 is 0 Å². The standard InChI is InChI=1S/C17H16ClF3N4O/c1-16(7-26-8-16)24-5-10-2-3-12-11(4-10)13-14(15(18)23-9-22-13)25(12)6-17(19,20)21/h2-4,9,24H,5-8H2,1H3. The Labute approximate surface area is 152 Å². The maximum Gasteiger partial charge on any atom is 0.406 e. The van der Waals surface area contributed by atoms with Crippen molar-refractivity contribution in [3.8, 4) is 0 Å². The first-order chi connectivity index (χ1) is 12.3.